The number of anilines is 1. The molecule has 0 radical (unpaired) electrons. The fourth-order valence-electron chi connectivity index (χ4n) is 4.20. The lowest BCUT2D eigenvalue weighted by molar-refractivity contribution is -0.140. The van der Waals surface area contributed by atoms with Crippen molar-refractivity contribution in [3.8, 4) is 0 Å². The molecule has 12 heteroatoms. The summed E-state index contributed by atoms with van der Waals surface area (Å²) in [6.45, 7) is 3.41. The Morgan fingerprint density at radius 3 is 2.07 bits per heavy atom. The predicted octanol–water partition coefficient (Wildman–Crippen LogP) is 7.22. The molecule has 0 spiro atoms. The molecule has 0 saturated carbocycles. The lowest BCUT2D eigenvalue weighted by Gasteiger charge is -2.33. The van der Waals surface area contributed by atoms with Crippen LogP contribution in [0.5, 0.6) is 0 Å². The minimum Gasteiger partial charge on any atom is -0.354 e. The van der Waals surface area contributed by atoms with Crippen molar-refractivity contribution in [1.82, 2.24) is 10.2 Å². The topological polar surface area (TPSA) is 86.8 Å². The predicted molar refractivity (Wildman–Crippen MR) is 166 cm³/mol. The molecule has 220 valence electrons. The molecule has 3 aromatic rings. The molecular formula is C29H31Cl4N3O4S. The molecule has 0 aromatic heterocycles. The number of unbranched alkanes of at least 4 members (excludes halogenated alkanes) is 1. The van der Waals surface area contributed by atoms with E-state index in [4.69, 9.17) is 46.4 Å². The Hall–Kier alpha value is -2.49. The second-order valence-corrected chi connectivity index (χ2v) is 12.7. The summed E-state index contributed by atoms with van der Waals surface area (Å²) in [5.74, 6) is -1.02. The minimum absolute atomic E-state index is 0.0209. The summed E-state index contributed by atoms with van der Waals surface area (Å²) in [6.07, 6.45) is 1.90. The number of carbonyl (C=O) groups excluding carboxylic acids is 2. The maximum Gasteiger partial charge on any atom is 0.264 e. The Morgan fingerprint density at radius 2 is 1.46 bits per heavy atom. The quantitative estimate of drug-likeness (QED) is 0.197. The molecule has 3 rings (SSSR count). The highest BCUT2D eigenvalue weighted by Gasteiger charge is 2.35. The number of nitrogens with one attached hydrogen (secondary N) is 1. The summed E-state index contributed by atoms with van der Waals surface area (Å²) in [7, 11) is -4.29. The first kappa shape index (κ1) is 33.0. The van der Waals surface area contributed by atoms with Crippen LogP contribution in [0.15, 0.2) is 71.6 Å². The van der Waals surface area contributed by atoms with E-state index in [9.17, 15) is 18.0 Å². The van der Waals surface area contributed by atoms with Crippen molar-refractivity contribution in [1.29, 1.82) is 0 Å². The molecule has 41 heavy (non-hydrogen) atoms. The zero-order valence-electron chi connectivity index (χ0n) is 22.6. The molecule has 0 bridgehead atoms. The number of halogens is 4. The van der Waals surface area contributed by atoms with E-state index in [1.807, 2.05) is 6.92 Å². The van der Waals surface area contributed by atoms with Crippen LogP contribution in [0.4, 0.5) is 5.69 Å². The molecule has 0 aliphatic heterocycles. The third kappa shape index (κ3) is 8.08. The molecule has 1 N–H and O–H groups in total. The van der Waals surface area contributed by atoms with Crippen LogP contribution < -0.4 is 9.62 Å². The van der Waals surface area contributed by atoms with Gasteiger partial charge < -0.3 is 10.2 Å². The van der Waals surface area contributed by atoms with E-state index in [0.717, 1.165) is 17.1 Å². The van der Waals surface area contributed by atoms with E-state index >= 15 is 0 Å². The first-order chi connectivity index (χ1) is 19.5. The van der Waals surface area contributed by atoms with Crippen LogP contribution in [0.2, 0.25) is 20.1 Å². The third-order valence-electron chi connectivity index (χ3n) is 6.42. The maximum atomic E-state index is 14.1. The number of rotatable bonds is 13. The van der Waals surface area contributed by atoms with E-state index < -0.39 is 28.5 Å². The van der Waals surface area contributed by atoms with E-state index in [0.29, 0.717) is 22.2 Å². The molecule has 0 unspecified atom stereocenters. The Kier molecular flexibility index (Phi) is 12.2. The van der Waals surface area contributed by atoms with Gasteiger partial charge >= 0.3 is 0 Å². The molecule has 0 aliphatic carbocycles. The SMILES string of the molecule is CCCCNC(=O)[C@H](CC)N(Cc1c(Cl)cccc1Cl)C(=O)CN(c1cccc(Cl)c1Cl)S(=O)(=O)c1ccccc1. The van der Waals surface area contributed by atoms with Crippen molar-refractivity contribution in [2.75, 3.05) is 17.4 Å². The van der Waals surface area contributed by atoms with Gasteiger partial charge in [-0.25, -0.2) is 8.42 Å². The lowest BCUT2D eigenvalue weighted by atomic mass is 10.1. The minimum atomic E-state index is -4.29. The van der Waals surface area contributed by atoms with Crippen molar-refractivity contribution >= 4 is 73.9 Å². The summed E-state index contributed by atoms with van der Waals surface area (Å²) < 4.78 is 28.7. The van der Waals surface area contributed by atoms with E-state index in [1.165, 1.54) is 29.2 Å². The molecule has 2 amide bonds. The van der Waals surface area contributed by atoms with Crippen LogP contribution in [-0.4, -0.2) is 44.3 Å². The van der Waals surface area contributed by atoms with Crippen molar-refractivity contribution in [2.45, 2.75) is 50.6 Å². The fraction of sp³-hybridized carbons (Fsp3) is 0.310. The maximum absolute atomic E-state index is 14.1. The van der Waals surface area contributed by atoms with Crippen LogP contribution in [-0.2, 0) is 26.2 Å². The van der Waals surface area contributed by atoms with Gasteiger partial charge in [0.25, 0.3) is 10.0 Å². The fourth-order valence-corrected chi connectivity index (χ4v) is 6.61. The summed E-state index contributed by atoms with van der Waals surface area (Å²) in [6, 6.07) is 16.2. The zero-order valence-corrected chi connectivity index (χ0v) is 26.5. The standard InChI is InChI=1S/C29H31Cl4N3O4S/c1-3-5-17-34-29(38)25(4-2)35(18-21-22(30)13-9-14-23(21)31)27(37)19-36(26-16-10-15-24(32)28(26)33)41(39,40)20-11-7-6-8-12-20/h6-16,25H,3-5,17-19H2,1-2H3,(H,34,38)/t25-/m0/s1. The molecule has 0 heterocycles. The Bertz CT molecular complexity index is 1450. The van der Waals surface area contributed by atoms with Gasteiger partial charge in [-0.05, 0) is 49.2 Å². The first-order valence-corrected chi connectivity index (χ1v) is 16.0. The molecule has 0 saturated heterocycles. The second-order valence-electron chi connectivity index (χ2n) is 9.19. The average Bonchev–Trinajstić information content (AvgIpc) is 2.95. The van der Waals surface area contributed by atoms with Gasteiger partial charge in [0.1, 0.15) is 12.6 Å². The van der Waals surface area contributed by atoms with Gasteiger partial charge in [-0.3, -0.25) is 13.9 Å². The summed E-state index contributed by atoms with van der Waals surface area (Å²) in [5, 5.41) is 3.57. The summed E-state index contributed by atoms with van der Waals surface area (Å²) >= 11 is 25.6. The Balaban J connectivity index is 2.11. The monoisotopic (exact) mass is 657 g/mol. The van der Waals surface area contributed by atoms with E-state index in [2.05, 4.69) is 5.32 Å². The van der Waals surface area contributed by atoms with Gasteiger partial charge in [0.2, 0.25) is 11.8 Å². The number of hydrogen-bond donors (Lipinski definition) is 1. The highest BCUT2D eigenvalue weighted by atomic mass is 35.5. The number of amides is 2. The van der Waals surface area contributed by atoms with Crippen molar-refractivity contribution in [3.63, 3.8) is 0 Å². The smallest absolute Gasteiger partial charge is 0.264 e. The Morgan fingerprint density at radius 1 is 0.854 bits per heavy atom. The molecule has 1 atom stereocenters. The third-order valence-corrected chi connectivity index (χ3v) is 9.71. The number of benzene rings is 3. The van der Waals surface area contributed by atoms with Crippen molar-refractivity contribution < 1.29 is 18.0 Å². The summed E-state index contributed by atoms with van der Waals surface area (Å²) in [4.78, 5) is 28.7. The van der Waals surface area contributed by atoms with Crippen molar-refractivity contribution in [3.05, 3.63) is 92.4 Å². The van der Waals surface area contributed by atoms with Gasteiger partial charge in [-0.15, -0.1) is 0 Å². The number of carbonyl (C=O) groups is 2. The van der Waals surface area contributed by atoms with Crippen LogP contribution in [0.25, 0.3) is 0 Å². The number of hydrogen-bond acceptors (Lipinski definition) is 4. The van der Waals surface area contributed by atoms with E-state index in [-0.39, 0.29) is 39.5 Å². The highest BCUT2D eigenvalue weighted by Crippen LogP contribution is 2.36. The van der Waals surface area contributed by atoms with E-state index in [1.54, 1.807) is 49.4 Å². The largest absolute Gasteiger partial charge is 0.354 e. The molecule has 3 aromatic carbocycles. The normalized spacial score (nSPS) is 12.0. The van der Waals surface area contributed by atoms with Gasteiger partial charge in [-0.2, -0.15) is 0 Å². The van der Waals surface area contributed by atoms with Crippen LogP contribution in [0.1, 0.15) is 38.7 Å². The molecule has 0 fully saturated rings. The van der Waals surface area contributed by atoms with Gasteiger partial charge in [-0.1, -0.05) is 97.0 Å². The lowest BCUT2D eigenvalue weighted by Crippen LogP contribution is -2.52. The highest BCUT2D eigenvalue weighted by molar-refractivity contribution is 7.92. The summed E-state index contributed by atoms with van der Waals surface area (Å²) in [5.41, 5.74) is 0.454. The van der Waals surface area contributed by atoms with Gasteiger partial charge in [0, 0.05) is 28.7 Å². The first-order valence-electron chi connectivity index (χ1n) is 13.0. The van der Waals surface area contributed by atoms with Crippen LogP contribution >= 0.6 is 46.4 Å². The van der Waals surface area contributed by atoms with Crippen molar-refractivity contribution in [2.24, 2.45) is 0 Å². The number of nitrogens with zero attached hydrogens (tertiary/aromatic N) is 2. The molecular weight excluding hydrogens is 628 g/mol. The molecule has 0 aliphatic rings. The number of sulfonamides is 1. The zero-order chi connectivity index (χ0) is 30.2. The molecule has 7 nitrogen and oxygen atoms in total. The van der Waals surface area contributed by atoms with Crippen LogP contribution in [0, 0.1) is 0 Å². The van der Waals surface area contributed by atoms with Crippen LogP contribution in [0.3, 0.4) is 0 Å². The average molecular weight is 659 g/mol. The van der Waals surface area contributed by atoms with Gasteiger partial charge in [0.15, 0.2) is 0 Å². The van der Waals surface area contributed by atoms with Gasteiger partial charge in [0.05, 0.1) is 20.6 Å². The Labute approximate surface area is 261 Å². The second kappa shape index (κ2) is 15.1.